The van der Waals surface area contributed by atoms with Crippen molar-refractivity contribution in [2.24, 2.45) is 11.6 Å². The molecule has 1 fully saturated rings. The second-order valence-electron chi connectivity index (χ2n) is 5.12. The lowest BCUT2D eigenvalue weighted by Crippen LogP contribution is -2.45. The quantitative estimate of drug-likeness (QED) is 0.427. The molecule has 0 aromatic heterocycles. The number of phenols is 1. The molecule has 1 aromatic rings. The molecule has 0 spiro atoms. The number of aromatic hydroxyl groups is 1. The topological polar surface area (TPSA) is 110 Å². The number of primary amides is 1. The number of phenolic OH excluding ortho intramolecular Hbond substituents is 1. The van der Waals surface area contributed by atoms with Gasteiger partial charge in [0.25, 0.3) is 0 Å². The molecule has 0 aliphatic heterocycles. The van der Waals surface area contributed by atoms with Gasteiger partial charge in [0.2, 0.25) is 11.8 Å². The fourth-order valence-corrected chi connectivity index (χ4v) is 2.59. The number of hydrogen-bond acceptors (Lipinski definition) is 4. The molecule has 1 aliphatic carbocycles. The fraction of sp³-hybridized carbons (Fsp3) is 0.429. The first kappa shape index (κ1) is 14.3. The molecule has 20 heavy (non-hydrogen) atoms. The number of carbonyl (C=O) groups excluding carboxylic acids is 2. The van der Waals surface area contributed by atoms with Gasteiger partial charge >= 0.3 is 0 Å². The molecule has 0 unspecified atom stereocenters. The predicted octanol–water partition coefficient (Wildman–Crippen LogP) is 0.678. The second-order valence-corrected chi connectivity index (χ2v) is 5.12. The summed E-state index contributed by atoms with van der Waals surface area (Å²) >= 11 is 0. The molecule has 1 saturated carbocycles. The van der Waals surface area contributed by atoms with Gasteiger partial charge in [-0.1, -0.05) is 18.9 Å². The number of amides is 2. The molecule has 2 amide bonds. The SMILES string of the molecule is NC(=O)c1cc(O)ccc1CC(=O)N(N)C1CCCC1. The van der Waals surface area contributed by atoms with Crippen molar-refractivity contribution >= 4 is 11.8 Å². The smallest absolute Gasteiger partial charge is 0.249 e. The Morgan fingerprint density at radius 1 is 1.30 bits per heavy atom. The van der Waals surface area contributed by atoms with Gasteiger partial charge in [-0.2, -0.15) is 0 Å². The van der Waals surface area contributed by atoms with E-state index in [9.17, 15) is 14.7 Å². The molecular formula is C14H19N3O3. The van der Waals surface area contributed by atoms with E-state index in [1.54, 1.807) is 0 Å². The normalized spacial score (nSPS) is 15.2. The van der Waals surface area contributed by atoms with E-state index in [-0.39, 0.29) is 29.7 Å². The van der Waals surface area contributed by atoms with E-state index in [4.69, 9.17) is 11.6 Å². The molecule has 2 rings (SSSR count). The van der Waals surface area contributed by atoms with Crippen LogP contribution in [0.1, 0.15) is 41.6 Å². The van der Waals surface area contributed by atoms with Gasteiger partial charge in [-0.25, -0.2) is 5.84 Å². The Hall–Kier alpha value is -2.08. The number of carbonyl (C=O) groups is 2. The van der Waals surface area contributed by atoms with Crippen LogP contribution in [0.2, 0.25) is 0 Å². The van der Waals surface area contributed by atoms with E-state index in [2.05, 4.69) is 0 Å². The standard InChI is InChI=1S/C14H19N3O3/c15-14(20)12-8-11(18)6-5-9(12)7-13(19)17(16)10-3-1-2-4-10/h5-6,8,10,18H,1-4,7,16H2,(H2,15,20). The van der Waals surface area contributed by atoms with Crippen LogP contribution in [-0.2, 0) is 11.2 Å². The van der Waals surface area contributed by atoms with Crippen LogP contribution >= 0.6 is 0 Å². The van der Waals surface area contributed by atoms with Gasteiger partial charge in [0.1, 0.15) is 5.75 Å². The number of nitrogens with zero attached hydrogens (tertiary/aromatic N) is 1. The minimum absolute atomic E-state index is 0.00551. The first-order valence-electron chi connectivity index (χ1n) is 6.67. The summed E-state index contributed by atoms with van der Waals surface area (Å²) in [6.45, 7) is 0. The third-order valence-corrected chi connectivity index (χ3v) is 3.71. The van der Waals surface area contributed by atoms with Crippen LogP contribution in [0.15, 0.2) is 18.2 Å². The number of nitrogens with two attached hydrogens (primary N) is 2. The molecule has 6 heteroatoms. The van der Waals surface area contributed by atoms with E-state index < -0.39 is 5.91 Å². The van der Waals surface area contributed by atoms with Crippen LogP contribution in [-0.4, -0.2) is 28.0 Å². The van der Waals surface area contributed by atoms with Crippen molar-refractivity contribution in [3.8, 4) is 5.75 Å². The van der Waals surface area contributed by atoms with Crippen molar-refractivity contribution in [2.45, 2.75) is 38.1 Å². The molecule has 1 aliphatic rings. The van der Waals surface area contributed by atoms with Crippen molar-refractivity contribution in [1.29, 1.82) is 0 Å². The summed E-state index contributed by atoms with van der Waals surface area (Å²) in [7, 11) is 0. The maximum atomic E-state index is 12.1. The molecule has 0 radical (unpaired) electrons. The predicted molar refractivity (Wildman–Crippen MR) is 73.6 cm³/mol. The summed E-state index contributed by atoms with van der Waals surface area (Å²) < 4.78 is 0. The third-order valence-electron chi connectivity index (χ3n) is 3.71. The molecule has 6 nitrogen and oxygen atoms in total. The molecular weight excluding hydrogens is 258 g/mol. The zero-order valence-electron chi connectivity index (χ0n) is 11.2. The average molecular weight is 277 g/mol. The van der Waals surface area contributed by atoms with Crippen LogP contribution in [0, 0.1) is 0 Å². The van der Waals surface area contributed by atoms with Crippen molar-refractivity contribution < 1.29 is 14.7 Å². The van der Waals surface area contributed by atoms with E-state index in [1.165, 1.54) is 23.2 Å². The number of hydrazine groups is 1. The lowest BCUT2D eigenvalue weighted by Gasteiger charge is -2.23. The highest BCUT2D eigenvalue weighted by molar-refractivity contribution is 5.96. The first-order chi connectivity index (χ1) is 9.49. The zero-order chi connectivity index (χ0) is 14.7. The van der Waals surface area contributed by atoms with Gasteiger partial charge in [0.15, 0.2) is 0 Å². The Bertz CT molecular complexity index is 524. The highest BCUT2D eigenvalue weighted by Crippen LogP contribution is 2.23. The van der Waals surface area contributed by atoms with Crippen molar-refractivity contribution in [1.82, 2.24) is 5.01 Å². The van der Waals surface area contributed by atoms with Gasteiger partial charge in [-0.3, -0.25) is 14.6 Å². The van der Waals surface area contributed by atoms with Crippen LogP contribution < -0.4 is 11.6 Å². The van der Waals surface area contributed by atoms with Crippen molar-refractivity contribution in [3.05, 3.63) is 29.3 Å². The summed E-state index contributed by atoms with van der Waals surface area (Å²) in [5.41, 5.74) is 5.88. The molecule has 1 aromatic carbocycles. The monoisotopic (exact) mass is 277 g/mol. The van der Waals surface area contributed by atoms with Gasteiger partial charge in [0, 0.05) is 11.6 Å². The second kappa shape index (κ2) is 5.92. The Morgan fingerprint density at radius 3 is 2.55 bits per heavy atom. The summed E-state index contributed by atoms with van der Waals surface area (Å²) in [6, 6.07) is 4.29. The Labute approximate surface area is 117 Å². The minimum Gasteiger partial charge on any atom is -0.508 e. The average Bonchev–Trinajstić information content (AvgIpc) is 2.93. The van der Waals surface area contributed by atoms with Crippen LogP contribution in [0.4, 0.5) is 0 Å². The van der Waals surface area contributed by atoms with E-state index >= 15 is 0 Å². The molecule has 0 heterocycles. The van der Waals surface area contributed by atoms with Gasteiger partial charge in [-0.05, 0) is 30.5 Å². The number of hydrogen-bond donors (Lipinski definition) is 3. The van der Waals surface area contributed by atoms with Crippen LogP contribution in [0.5, 0.6) is 5.75 Å². The molecule has 0 saturated heterocycles. The van der Waals surface area contributed by atoms with Crippen molar-refractivity contribution in [2.75, 3.05) is 0 Å². The number of rotatable bonds is 4. The molecule has 0 bridgehead atoms. The third kappa shape index (κ3) is 3.08. The molecule has 0 atom stereocenters. The van der Waals surface area contributed by atoms with Gasteiger partial charge in [0.05, 0.1) is 6.42 Å². The molecule has 5 N–H and O–H groups in total. The molecule has 108 valence electrons. The lowest BCUT2D eigenvalue weighted by atomic mass is 10.0. The van der Waals surface area contributed by atoms with Crippen LogP contribution in [0.3, 0.4) is 0 Å². The highest BCUT2D eigenvalue weighted by Gasteiger charge is 2.25. The Kier molecular flexibility index (Phi) is 4.24. The van der Waals surface area contributed by atoms with Crippen molar-refractivity contribution in [3.63, 3.8) is 0 Å². The summed E-state index contributed by atoms with van der Waals surface area (Å²) in [6.07, 6.45) is 4.00. The fourth-order valence-electron chi connectivity index (χ4n) is 2.59. The van der Waals surface area contributed by atoms with E-state index in [0.29, 0.717) is 5.56 Å². The van der Waals surface area contributed by atoms with Gasteiger partial charge < -0.3 is 10.8 Å². The Balaban J connectivity index is 2.12. The van der Waals surface area contributed by atoms with Crippen LogP contribution in [0.25, 0.3) is 0 Å². The van der Waals surface area contributed by atoms with E-state index in [0.717, 1.165) is 25.7 Å². The van der Waals surface area contributed by atoms with E-state index in [1.807, 2.05) is 0 Å². The Morgan fingerprint density at radius 2 is 1.95 bits per heavy atom. The zero-order valence-corrected chi connectivity index (χ0v) is 11.2. The summed E-state index contributed by atoms with van der Waals surface area (Å²) in [4.78, 5) is 23.5. The minimum atomic E-state index is -0.673. The number of benzene rings is 1. The highest BCUT2D eigenvalue weighted by atomic mass is 16.3. The first-order valence-corrected chi connectivity index (χ1v) is 6.67. The summed E-state index contributed by atoms with van der Waals surface area (Å²) in [5, 5.41) is 10.6. The largest absolute Gasteiger partial charge is 0.508 e. The maximum absolute atomic E-state index is 12.1. The lowest BCUT2D eigenvalue weighted by molar-refractivity contribution is -0.133. The maximum Gasteiger partial charge on any atom is 0.249 e. The van der Waals surface area contributed by atoms with Gasteiger partial charge in [-0.15, -0.1) is 0 Å². The summed E-state index contributed by atoms with van der Waals surface area (Å²) in [5.74, 6) is 4.87.